The fourth-order valence-corrected chi connectivity index (χ4v) is 2.76. The number of anilines is 1. The van der Waals surface area contributed by atoms with Gasteiger partial charge in [-0.25, -0.2) is 9.97 Å². The Labute approximate surface area is 149 Å². The molecule has 1 fully saturated rings. The van der Waals surface area contributed by atoms with Gasteiger partial charge < -0.3 is 10.2 Å². The Morgan fingerprint density at radius 2 is 1.96 bits per heavy atom. The van der Waals surface area contributed by atoms with Crippen LogP contribution in [0.3, 0.4) is 0 Å². The van der Waals surface area contributed by atoms with Gasteiger partial charge in [0, 0.05) is 31.8 Å². The molecule has 2 aromatic rings. The lowest BCUT2D eigenvalue weighted by atomic mass is 10.2. The Kier molecular flexibility index (Phi) is 5.08. The van der Waals surface area contributed by atoms with Crippen molar-refractivity contribution in [2.45, 2.75) is 19.4 Å². The molecule has 0 radical (unpaired) electrons. The molecule has 1 aliphatic heterocycles. The number of hydrogen-bond acceptors (Lipinski definition) is 6. The van der Waals surface area contributed by atoms with Gasteiger partial charge >= 0.3 is 0 Å². The molecule has 0 atom stereocenters. The van der Waals surface area contributed by atoms with Crippen molar-refractivity contribution in [3.8, 4) is 0 Å². The average Bonchev–Trinajstić information content (AvgIpc) is 3.15. The molecule has 3 rings (SSSR count). The highest BCUT2D eigenvalue weighted by molar-refractivity contribution is 6.33. The van der Waals surface area contributed by atoms with Crippen LogP contribution in [0.1, 0.15) is 28.9 Å². The van der Waals surface area contributed by atoms with E-state index in [0.29, 0.717) is 5.95 Å². The number of aromatic nitrogens is 2. The predicted octanol–water partition coefficient (Wildman–Crippen LogP) is 2.57. The van der Waals surface area contributed by atoms with E-state index in [-0.39, 0.29) is 22.9 Å². The molecule has 0 unspecified atom stereocenters. The summed E-state index contributed by atoms with van der Waals surface area (Å²) in [5, 5.41) is 13.5. The van der Waals surface area contributed by atoms with Crippen LogP contribution in [0.25, 0.3) is 0 Å². The third-order valence-corrected chi connectivity index (χ3v) is 4.21. The molecule has 0 saturated carbocycles. The minimum absolute atomic E-state index is 0.00387. The van der Waals surface area contributed by atoms with E-state index >= 15 is 0 Å². The Balaban J connectivity index is 1.68. The summed E-state index contributed by atoms with van der Waals surface area (Å²) in [6, 6.07) is 5.97. The van der Waals surface area contributed by atoms with E-state index < -0.39 is 10.8 Å². The molecule has 0 bridgehead atoms. The van der Waals surface area contributed by atoms with Gasteiger partial charge in [0.25, 0.3) is 11.6 Å². The van der Waals surface area contributed by atoms with Crippen molar-refractivity contribution < 1.29 is 9.72 Å². The lowest BCUT2D eigenvalue weighted by Crippen LogP contribution is -2.26. The van der Waals surface area contributed by atoms with E-state index in [0.717, 1.165) is 31.5 Å². The Bertz CT molecular complexity index is 791. The maximum absolute atomic E-state index is 12.4. The second-order valence-electron chi connectivity index (χ2n) is 5.67. The number of halogens is 1. The maximum Gasteiger partial charge on any atom is 0.271 e. The lowest BCUT2D eigenvalue weighted by molar-refractivity contribution is -0.384. The number of carbonyl (C=O) groups is 1. The van der Waals surface area contributed by atoms with Crippen LogP contribution in [0.15, 0.2) is 30.5 Å². The highest BCUT2D eigenvalue weighted by Gasteiger charge is 2.19. The van der Waals surface area contributed by atoms with E-state index in [9.17, 15) is 14.9 Å². The molecule has 1 aromatic heterocycles. The standard InChI is InChI=1S/C16H16ClN5O3/c17-13-10-19-16(21-7-1-2-8-21)20-14(13)15(23)18-9-11-3-5-12(6-4-11)22(24)25/h3-6,10H,1-2,7-9H2,(H,18,23). The Morgan fingerprint density at radius 3 is 2.60 bits per heavy atom. The van der Waals surface area contributed by atoms with Crippen LogP contribution in [0.2, 0.25) is 5.02 Å². The zero-order valence-electron chi connectivity index (χ0n) is 13.3. The van der Waals surface area contributed by atoms with Gasteiger partial charge in [0.1, 0.15) is 0 Å². The molecule has 8 nitrogen and oxygen atoms in total. The quantitative estimate of drug-likeness (QED) is 0.648. The number of hydrogen-bond donors (Lipinski definition) is 1. The van der Waals surface area contributed by atoms with Crippen LogP contribution in [-0.2, 0) is 6.54 Å². The summed E-state index contributed by atoms with van der Waals surface area (Å²) in [6.07, 6.45) is 3.59. The summed E-state index contributed by atoms with van der Waals surface area (Å²) in [5.74, 6) is 0.0913. The summed E-state index contributed by atoms with van der Waals surface area (Å²) in [4.78, 5) is 33.0. The molecular formula is C16H16ClN5O3. The monoisotopic (exact) mass is 361 g/mol. The fourth-order valence-electron chi connectivity index (χ4n) is 2.59. The fraction of sp³-hybridized carbons (Fsp3) is 0.312. The molecule has 1 N–H and O–H groups in total. The zero-order valence-corrected chi connectivity index (χ0v) is 14.1. The van der Waals surface area contributed by atoms with Crippen molar-refractivity contribution >= 4 is 29.1 Å². The summed E-state index contributed by atoms with van der Waals surface area (Å²) in [5.41, 5.74) is 0.869. The molecule has 2 heterocycles. The highest BCUT2D eigenvalue weighted by Crippen LogP contribution is 2.20. The number of non-ortho nitro benzene ring substituents is 1. The van der Waals surface area contributed by atoms with E-state index in [1.54, 1.807) is 12.1 Å². The van der Waals surface area contributed by atoms with Gasteiger partial charge in [-0.15, -0.1) is 0 Å². The van der Waals surface area contributed by atoms with Crippen molar-refractivity contribution in [3.63, 3.8) is 0 Å². The maximum atomic E-state index is 12.4. The van der Waals surface area contributed by atoms with Gasteiger partial charge in [-0.1, -0.05) is 23.7 Å². The summed E-state index contributed by atoms with van der Waals surface area (Å²) >= 11 is 6.06. The normalized spacial score (nSPS) is 13.7. The number of benzene rings is 1. The summed E-state index contributed by atoms with van der Waals surface area (Å²) in [7, 11) is 0. The minimum atomic E-state index is -0.469. The molecule has 1 amide bonds. The first-order chi connectivity index (χ1) is 12.0. The first-order valence-corrected chi connectivity index (χ1v) is 8.21. The number of nitro groups is 1. The molecular weight excluding hydrogens is 346 g/mol. The largest absolute Gasteiger partial charge is 0.347 e. The van der Waals surface area contributed by atoms with Crippen molar-refractivity contribution in [1.82, 2.24) is 15.3 Å². The zero-order chi connectivity index (χ0) is 17.8. The molecule has 130 valence electrons. The van der Waals surface area contributed by atoms with E-state index in [2.05, 4.69) is 15.3 Å². The Hall–Kier alpha value is -2.74. The van der Waals surface area contributed by atoms with Crippen LogP contribution in [0.4, 0.5) is 11.6 Å². The van der Waals surface area contributed by atoms with E-state index in [1.807, 2.05) is 4.90 Å². The van der Waals surface area contributed by atoms with Crippen LogP contribution in [-0.4, -0.2) is 33.9 Å². The smallest absolute Gasteiger partial charge is 0.271 e. The van der Waals surface area contributed by atoms with Crippen LogP contribution in [0.5, 0.6) is 0 Å². The molecule has 1 aromatic carbocycles. The number of amides is 1. The topological polar surface area (TPSA) is 101 Å². The Morgan fingerprint density at radius 1 is 1.28 bits per heavy atom. The number of carbonyl (C=O) groups excluding carboxylic acids is 1. The van der Waals surface area contributed by atoms with Gasteiger partial charge in [0.2, 0.25) is 5.95 Å². The molecule has 1 aliphatic rings. The van der Waals surface area contributed by atoms with Gasteiger partial charge in [0.15, 0.2) is 5.69 Å². The van der Waals surface area contributed by atoms with Crippen LogP contribution < -0.4 is 10.2 Å². The predicted molar refractivity (Wildman–Crippen MR) is 92.8 cm³/mol. The van der Waals surface area contributed by atoms with Crippen molar-refractivity contribution in [3.05, 3.63) is 56.9 Å². The van der Waals surface area contributed by atoms with E-state index in [4.69, 9.17) is 11.6 Å². The number of nitrogens with zero attached hydrogens (tertiary/aromatic N) is 4. The molecule has 25 heavy (non-hydrogen) atoms. The second-order valence-corrected chi connectivity index (χ2v) is 6.07. The first kappa shape index (κ1) is 17.1. The lowest BCUT2D eigenvalue weighted by Gasteiger charge is -2.16. The molecule has 0 spiro atoms. The second kappa shape index (κ2) is 7.43. The summed E-state index contributed by atoms with van der Waals surface area (Å²) in [6.45, 7) is 1.95. The third-order valence-electron chi connectivity index (χ3n) is 3.94. The van der Waals surface area contributed by atoms with Crippen molar-refractivity contribution in [2.24, 2.45) is 0 Å². The van der Waals surface area contributed by atoms with Gasteiger partial charge in [-0.2, -0.15) is 0 Å². The van der Waals surface area contributed by atoms with Crippen molar-refractivity contribution in [1.29, 1.82) is 0 Å². The molecule has 9 heteroatoms. The van der Waals surface area contributed by atoms with Gasteiger partial charge in [0.05, 0.1) is 16.1 Å². The van der Waals surface area contributed by atoms with Gasteiger partial charge in [-0.3, -0.25) is 14.9 Å². The molecule has 1 saturated heterocycles. The minimum Gasteiger partial charge on any atom is -0.347 e. The highest BCUT2D eigenvalue weighted by atomic mass is 35.5. The van der Waals surface area contributed by atoms with Crippen LogP contribution >= 0.6 is 11.6 Å². The third kappa shape index (κ3) is 4.03. The number of nitrogens with one attached hydrogen (secondary N) is 1. The van der Waals surface area contributed by atoms with E-state index in [1.165, 1.54) is 18.3 Å². The van der Waals surface area contributed by atoms with Gasteiger partial charge in [-0.05, 0) is 18.4 Å². The number of rotatable bonds is 5. The van der Waals surface area contributed by atoms with Crippen molar-refractivity contribution in [2.75, 3.05) is 18.0 Å². The first-order valence-electron chi connectivity index (χ1n) is 7.83. The summed E-state index contributed by atoms with van der Waals surface area (Å²) < 4.78 is 0. The molecule has 0 aliphatic carbocycles. The number of nitro benzene ring substituents is 1. The SMILES string of the molecule is O=C(NCc1ccc([N+](=O)[O-])cc1)c1nc(N2CCCC2)ncc1Cl. The van der Waals surface area contributed by atoms with Crippen LogP contribution in [0, 0.1) is 10.1 Å². The average molecular weight is 362 g/mol.